The highest BCUT2D eigenvalue weighted by molar-refractivity contribution is 6.35. The summed E-state index contributed by atoms with van der Waals surface area (Å²) in [5, 5.41) is 20.5. The molecular weight excluding hydrogens is 677 g/mol. The molecule has 13 rings (SSSR count). The predicted molar refractivity (Wildman–Crippen MR) is 240 cm³/mol. The molecule has 0 amide bonds. The zero-order valence-corrected chi connectivity index (χ0v) is 30.4. The van der Waals surface area contributed by atoms with E-state index in [4.69, 9.17) is 0 Å². The first-order valence-corrected chi connectivity index (χ1v) is 19.4. The SMILES string of the molecule is c1ccc(-n2c3ccccc3c3cc4c5ccccc5c5cc6c(cc5c4cc32)c2ccccc2c2cc3c4ccccc4n(-c4ccccc4)c3cc62)cc1. The van der Waals surface area contributed by atoms with Gasteiger partial charge in [0.25, 0.3) is 0 Å². The molecule has 2 aromatic heterocycles. The quantitative estimate of drug-likeness (QED) is 0.125. The fourth-order valence-electron chi connectivity index (χ4n) is 10.0. The minimum atomic E-state index is 1.17. The molecule has 0 saturated heterocycles. The molecular formula is C54H32N2. The number of aromatic nitrogens is 2. The maximum absolute atomic E-state index is 2.50. The minimum Gasteiger partial charge on any atom is -0.309 e. The van der Waals surface area contributed by atoms with Gasteiger partial charge in [0, 0.05) is 32.9 Å². The highest BCUT2D eigenvalue weighted by Gasteiger charge is 2.20. The maximum Gasteiger partial charge on any atom is 0.0547 e. The van der Waals surface area contributed by atoms with Gasteiger partial charge in [-0.2, -0.15) is 0 Å². The van der Waals surface area contributed by atoms with E-state index in [1.165, 1.54) is 120 Å². The van der Waals surface area contributed by atoms with Crippen molar-refractivity contribution in [2.75, 3.05) is 0 Å². The summed E-state index contributed by atoms with van der Waals surface area (Å²) in [6.45, 7) is 0. The van der Waals surface area contributed by atoms with E-state index in [1.54, 1.807) is 0 Å². The van der Waals surface area contributed by atoms with Gasteiger partial charge in [-0.05, 0) is 137 Å². The Kier molecular flexibility index (Phi) is 5.92. The Morgan fingerprint density at radius 2 is 0.446 bits per heavy atom. The van der Waals surface area contributed by atoms with Crippen LogP contribution in [0.3, 0.4) is 0 Å². The number of hydrogen-bond acceptors (Lipinski definition) is 0. The molecule has 0 atom stereocenters. The van der Waals surface area contributed by atoms with Crippen LogP contribution < -0.4 is 0 Å². The fourth-order valence-corrected chi connectivity index (χ4v) is 10.0. The Hall–Kier alpha value is -7.42. The standard InChI is InChI=1S/C54H32N2/c1-3-15-33(16-4-1)55-51-25-13-11-23-39(51)49-29-43-37-21-9-7-19-35(37)41-28-46-42(27-45(41)47(43)31-53(49)55)36-20-8-10-22-38(36)44-30-50-40-24-12-14-26-52(40)56(54(50)32-48(44)46)34-17-5-2-6-18-34/h1-32H. The van der Waals surface area contributed by atoms with Crippen molar-refractivity contribution < 1.29 is 0 Å². The van der Waals surface area contributed by atoms with Gasteiger partial charge in [0.1, 0.15) is 0 Å². The third-order valence-corrected chi connectivity index (χ3v) is 12.4. The molecule has 0 unspecified atom stereocenters. The van der Waals surface area contributed by atoms with Gasteiger partial charge in [-0.15, -0.1) is 0 Å². The van der Waals surface area contributed by atoms with Crippen molar-refractivity contribution in [3.63, 3.8) is 0 Å². The lowest BCUT2D eigenvalue weighted by Gasteiger charge is -2.16. The molecule has 2 heteroatoms. The molecule has 0 spiro atoms. The van der Waals surface area contributed by atoms with Crippen LogP contribution in [0.4, 0.5) is 0 Å². The topological polar surface area (TPSA) is 9.86 Å². The molecule has 0 fully saturated rings. The van der Waals surface area contributed by atoms with Gasteiger partial charge in [-0.25, -0.2) is 0 Å². The summed E-state index contributed by atoms with van der Waals surface area (Å²) in [5.74, 6) is 0. The second-order valence-corrected chi connectivity index (χ2v) is 15.2. The van der Waals surface area contributed by atoms with E-state index in [0.717, 1.165) is 0 Å². The van der Waals surface area contributed by atoms with Crippen LogP contribution in [0.5, 0.6) is 0 Å². The van der Waals surface area contributed by atoms with E-state index in [0.29, 0.717) is 0 Å². The van der Waals surface area contributed by atoms with E-state index in [9.17, 15) is 0 Å². The normalized spacial score (nSPS) is 12.3. The second-order valence-electron chi connectivity index (χ2n) is 15.2. The largest absolute Gasteiger partial charge is 0.309 e. The van der Waals surface area contributed by atoms with Gasteiger partial charge in [0.2, 0.25) is 0 Å². The van der Waals surface area contributed by atoms with E-state index in [-0.39, 0.29) is 0 Å². The van der Waals surface area contributed by atoms with E-state index >= 15 is 0 Å². The predicted octanol–water partition coefficient (Wildman–Crippen LogP) is 14.8. The first kappa shape index (κ1) is 30.0. The Balaban J connectivity index is 1.23. The molecule has 2 heterocycles. The average Bonchev–Trinajstić information content (AvgIpc) is 3.77. The van der Waals surface area contributed by atoms with Crippen LogP contribution >= 0.6 is 0 Å². The summed E-state index contributed by atoms with van der Waals surface area (Å²) in [5.41, 5.74) is 7.23. The highest BCUT2D eigenvalue weighted by atomic mass is 15.0. The summed E-state index contributed by atoms with van der Waals surface area (Å²) >= 11 is 0. The van der Waals surface area contributed by atoms with Crippen LogP contribution in [0.15, 0.2) is 194 Å². The number of para-hydroxylation sites is 4. The number of benzene rings is 11. The van der Waals surface area contributed by atoms with Crippen LogP contribution in [-0.2, 0) is 0 Å². The summed E-state index contributed by atoms with van der Waals surface area (Å²) in [4.78, 5) is 0. The van der Waals surface area contributed by atoms with Gasteiger partial charge in [-0.3, -0.25) is 0 Å². The highest BCUT2D eigenvalue weighted by Crippen LogP contribution is 2.46. The van der Waals surface area contributed by atoms with Crippen molar-refractivity contribution in [2.45, 2.75) is 0 Å². The Morgan fingerprint density at radius 3 is 0.821 bits per heavy atom. The van der Waals surface area contributed by atoms with Gasteiger partial charge in [-0.1, -0.05) is 121 Å². The molecule has 0 bridgehead atoms. The number of nitrogens with zero attached hydrogens (tertiary/aromatic N) is 2. The molecule has 0 saturated carbocycles. The van der Waals surface area contributed by atoms with Gasteiger partial charge in [0.05, 0.1) is 22.1 Å². The Labute approximate surface area is 321 Å². The van der Waals surface area contributed by atoms with Crippen molar-refractivity contribution in [3.8, 4) is 11.4 Å². The molecule has 13 aromatic rings. The van der Waals surface area contributed by atoms with Crippen molar-refractivity contribution in [3.05, 3.63) is 194 Å². The summed E-state index contributed by atoms with van der Waals surface area (Å²) in [6, 6.07) is 72.1. The fraction of sp³-hybridized carbons (Fsp3) is 0. The number of rotatable bonds is 2. The molecule has 0 radical (unpaired) electrons. The first-order valence-electron chi connectivity index (χ1n) is 19.4. The van der Waals surface area contributed by atoms with Crippen molar-refractivity contribution in [1.29, 1.82) is 0 Å². The van der Waals surface area contributed by atoms with Crippen molar-refractivity contribution in [2.24, 2.45) is 0 Å². The van der Waals surface area contributed by atoms with Gasteiger partial charge >= 0.3 is 0 Å². The van der Waals surface area contributed by atoms with E-state index in [1.807, 2.05) is 0 Å². The molecule has 2 nitrogen and oxygen atoms in total. The van der Waals surface area contributed by atoms with E-state index < -0.39 is 0 Å². The third kappa shape index (κ3) is 3.95. The first-order chi connectivity index (χ1) is 27.8. The van der Waals surface area contributed by atoms with Crippen molar-refractivity contribution in [1.82, 2.24) is 9.13 Å². The summed E-state index contributed by atoms with van der Waals surface area (Å²) in [6.07, 6.45) is 0. The molecule has 0 N–H and O–H groups in total. The second kappa shape index (κ2) is 11.1. The zero-order valence-electron chi connectivity index (χ0n) is 30.4. The molecule has 258 valence electrons. The average molecular weight is 709 g/mol. The van der Waals surface area contributed by atoms with Crippen molar-refractivity contribution >= 4 is 108 Å². The lowest BCUT2D eigenvalue weighted by atomic mass is 9.88. The smallest absolute Gasteiger partial charge is 0.0547 e. The Morgan fingerprint density at radius 1 is 0.179 bits per heavy atom. The third-order valence-electron chi connectivity index (χ3n) is 12.4. The van der Waals surface area contributed by atoms with Crippen LogP contribution in [0.2, 0.25) is 0 Å². The molecule has 0 aliphatic carbocycles. The number of fused-ring (bicyclic) bond motifs is 18. The lowest BCUT2D eigenvalue weighted by Crippen LogP contribution is -1.94. The van der Waals surface area contributed by atoms with Crippen LogP contribution in [-0.4, -0.2) is 9.13 Å². The lowest BCUT2D eigenvalue weighted by molar-refractivity contribution is 1.18. The molecule has 0 aliphatic rings. The molecule has 11 aromatic carbocycles. The molecule has 0 aliphatic heterocycles. The van der Waals surface area contributed by atoms with Crippen LogP contribution in [0.1, 0.15) is 0 Å². The van der Waals surface area contributed by atoms with Gasteiger partial charge in [0.15, 0.2) is 0 Å². The van der Waals surface area contributed by atoms with Gasteiger partial charge < -0.3 is 9.13 Å². The van der Waals surface area contributed by atoms with Crippen LogP contribution in [0, 0.1) is 0 Å². The molecule has 56 heavy (non-hydrogen) atoms. The summed E-state index contributed by atoms with van der Waals surface area (Å²) < 4.78 is 4.87. The monoisotopic (exact) mass is 708 g/mol. The van der Waals surface area contributed by atoms with E-state index in [2.05, 4.69) is 203 Å². The maximum atomic E-state index is 2.50. The minimum absolute atomic E-state index is 1.17. The Bertz CT molecular complexity index is 3540. The van der Waals surface area contributed by atoms with Crippen LogP contribution in [0.25, 0.3) is 120 Å². The summed E-state index contributed by atoms with van der Waals surface area (Å²) in [7, 11) is 0. The zero-order chi connectivity index (χ0) is 36.5. The number of hydrogen-bond donors (Lipinski definition) is 0.